The molecule has 0 saturated heterocycles. The second-order valence-corrected chi connectivity index (χ2v) is 12.9. The van der Waals surface area contributed by atoms with E-state index in [0.29, 0.717) is 0 Å². The molecule has 7 heteroatoms. The van der Waals surface area contributed by atoms with Crippen LogP contribution in [-0.2, 0) is 50.4 Å². The smallest absolute Gasteiger partial charge is 0.155 e. The molecule has 0 spiro atoms. The van der Waals surface area contributed by atoms with Crippen molar-refractivity contribution in [2.45, 2.75) is 40.0 Å². The van der Waals surface area contributed by atoms with Gasteiger partial charge in [0.05, 0.1) is 5.76 Å². The van der Waals surface area contributed by atoms with E-state index in [1.807, 2.05) is 115 Å². The Morgan fingerprint density at radius 3 is 1.36 bits per heavy atom. The molecule has 0 amide bonds. The topological polar surface area (TPSA) is 76.0 Å². The molecule has 0 aliphatic rings. The third-order valence-electron chi connectivity index (χ3n) is 7.49. The van der Waals surface area contributed by atoms with E-state index in [0.717, 1.165) is 33.8 Å². The van der Waals surface area contributed by atoms with E-state index in [2.05, 4.69) is 90.3 Å². The maximum Gasteiger partial charge on any atom is 0.155 e. The van der Waals surface area contributed by atoms with Gasteiger partial charge in [-0.2, -0.15) is 0 Å². The maximum atomic E-state index is 10.0. The normalized spacial score (nSPS) is 10.2. The number of hydrogen-bond donors (Lipinski definition) is 1. The Kier molecular flexibility index (Phi) is 20.3. The zero-order chi connectivity index (χ0) is 37.9. The number of aliphatic hydroxyl groups excluding tert-OH is 1. The van der Waals surface area contributed by atoms with Gasteiger partial charge in [-0.1, -0.05) is 81.4 Å². The number of carbonyl (C=O) groups excluding carboxylic acids is 1. The zero-order valence-electron chi connectivity index (χ0n) is 31.5. The predicted octanol–water partition coefficient (Wildman–Crippen LogP) is 11.6. The summed E-state index contributed by atoms with van der Waals surface area (Å²) in [5.74, 6) is -0.0625. The van der Waals surface area contributed by atoms with Crippen molar-refractivity contribution in [2.75, 3.05) is 0 Å². The largest absolute Gasteiger partial charge is 0.512 e. The van der Waals surface area contributed by atoms with E-state index >= 15 is 0 Å². The molecule has 0 unspecified atom stereocenters. The molecule has 1 N–H and O–H groups in total. The third-order valence-corrected chi connectivity index (χ3v) is 7.49. The Balaban J connectivity index is 0.000000272. The van der Waals surface area contributed by atoms with Gasteiger partial charge in [-0.05, 0) is 59.6 Å². The molecule has 7 aromatic rings. The molecule has 0 saturated carbocycles. The number of carbonyl (C=O) groups is 1. The minimum absolute atomic E-state index is 0. The van der Waals surface area contributed by atoms with Crippen molar-refractivity contribution in [1.29, 1.82) is 0 Å². The summed E-state index contributed by atoms with van der Waals surface area (Å²) in [4.78, 5) is 23.1. The predicted molar refractivity (Wildman–Crippen MR) is 217 cm³/mol. The molecule has 2 radical (unpaired) electrons. The van der Waals surface area contributed by atoms with Crippen LogP contribution in [0.3, 0.4) is 0 Å². The molecule has 3 heterocycles. The van der Waals surface area contributed by atoms with Crippen molar-refractivity contribution < 1.29 is 50.1 Å². The number of allylic oxidation sites excluding steroid dienone is 2. The average Bonchev–Trinajstić information content (AvgIpc) is 3.20. The summed E-state index contributed by atoms with van der Waals surface area (Å²) >= 11 is 0. The number of benzene rings is 4. The molecule has 0 aliphatic heterocycles. The second kappa shape index (κ2) is 24.3. The summed E-state index contributed by atoms with van der Waals surface area (Å²) in [6, 6.07) is 57.5. The number of aliphatic hydroxyl groups is 1. The first-order chi connectivity index (χ1) is 25.6. The Morgan fingerprint density at radius 2 is 1.02 bits per heavy atom. The van der Waals surface area contributed by atoms with Gasteiger partial charge in [-0.3, -0.25) is 4.79 Å². The Hall–Kier alpha value is -5.16. The first kappa shape index (κ1) is 46.0. The van der Waals surface area contributed by atoms with Crippen LogP contribution in [0.2, 0.25) is 0 Å². The van der Waals surface area contributed by atoms with E-state index in [9.17, 15) is 4.79 Å². The van der Waals surface area contributed by atoms with Crippen LogP contribution in [0.5, 0.6) is 0 Å². The van der Waals surface area contributed by atoms with Gasteiger partial charge in [0, 0.05) is 70.4 Å². The van der Waals surface area contributed by atoms with Crippen LogP contribution in [0.15, 0.2) is 176 Å². The van der Waals surface area contributed by atoms with Crippen LogP contribution in [0.1, 0.15) is 40.2 Å². The molecule has 0 fully saturated rings. The van der Waals surface area contributed by atoms with Crippen molar-refractivity contribution in [2.24, 2.45) is 0 Å². The summed E-state index contributed by atoms with van der Waals surface area (Å²) < 4.78 is 0. The number of hydrogen-bond acceptors (Lipinski definition) is 5. The maximum absolute atomic E-state index is 10.0. The average molecular weight is 1080 g/mol. The molecular weight excluding hydrogens is 1030 g/mol. The van der Waals surface area contributed by atoms with E-state index in [1.165, 1.54) is 36.6 Å². The van der Waals surface area contributed by atoms with Crippen LogP contribution in [-0.4, -0.2) is 25.8 Å². The Bertz CT molecular complexity index is 1970. The van der Waals surface area contributed by atoms with E-state index in [4.69, 9.17) is 5.11 Å². The number of pyridine rings is 3. The van der Waals surface area contributed by atoms with Crippen LogP contribution in [0.4, 0.5) is 0 Å². The van der Waals surface area contributed by atoms with E-state index in [-0.39, 0.29) is 57.2 Å². The number of aromatic nitrogens is 3. The Labute approximate surface area is 353 Å². The van der Waals surface area contributed by atoms with Gasteiger partial charge in [0.1, 0.15) is 0 Å². The van der Waals surface area contributed by atoms with Gasteiger partial charge in [-0.25, -0.2) is 0 Å². The molecule has 284 valence electrons. The van der Waals surface area contributed by atoms with Gasteiger partial charge in [0.15, 0.2) is 5.78 Å². The molecular formula is C48H44Ir2N3O2-3. The van der Waals surface area contributed by atoms with Crippen molar-refractivity contribution >= 4 is 5.78 Å². The van der Waals surface area contributed by atoms with E-state index < -0.39 is 0 Å². The summed E-state index contributed by atoms with van der Waals surface area (Å²) in [5, 5.41) is 8.36. The SMILES string of the molecule is CC(=O)C=C(C)O.CC(C)(C)c1cc(-c2[c-]cccc2)ncc1-c1ccccc1.[Ir].[Ir].[c-]1ccccc1-c1ccccn1.[c-]1ccccc1-c1ccccn1. The molecule has 5 nitrogen and oxygen atoms in total. The fourth-order valence-electron chi connectivity index (χ4n) is 5.07. The minimum atomic E-state index is -0.125. The van der Waals surface area contributed by atoms with Crippen molar-refractivity contribution in [3.8, 4) is 44.9 Å². The Morgan fingerprint density at radius 1 is 0.582 bits per heavy atom. The van der Waals surface area contributed by atoms with Crippen LogP contribution < -0.4 is 0 Å². The van der Waals surface area contributed by atoms with Gasteiger partial charge in [0.25, 0.3) is 0 Å². The molecule has 4 aromatic carbocycles. The molecule has 0 aliphatic carbocycles. The molecule has 0 bridgehead atoms. The minimum Gasteiger partial charge on any atom is -0.512 e. The standard InChI is InChI=1S/C21H20N.2C11H8N.C5H8O2.2Ir/c1-21(2,3)19-14-20(17-12-8-5-9-13-17)22-15-18(19)16-10-6-4-7-11-16;2*1-2-6-10(7-3-1)11-8-4-5-9-12-11;1-4(6)3-5(2)7;;/h4-12,14-15H,1-3H3;2*1-6,8-9H;3,6H,1-2H3;;/q3*-1;;;. The second-order valence-electron chi connectivity index (χ2n) is 12.9. The number of ketones is 1. The fraction of sp³-hybridized carbons (Fsp3) is 0.125. The van der Waals surface area contributed by atoms with Gasteiger partial charge in [-0.15, -0.1) is 108 Å². The van der Waals surface area contributed by atoms with Crippen molar-refractivity contribution in [3.63, 3.8) is 0 Å². The van der Waals surface area contributed by atoms with Crippen LogP contribution >= 0.6 is 0 Å². The fourth-order valence-corrected chi connectivity index (χ4v) is 5.07. The summed E-state index contributed by atoms with van der Waals surface area (Å²) in [7, 11) is 0. The summed E-state index contributed by atoms with van der Waals surface area (Å²) in [6.45, 7) is 9.58. The quantitative estimate of drug-likeness (QED) is 0.106. The van der Waals surface area contributed by atoms with Gasteiger partial charge >= 0.3 is 0 Å². The van der Waals surface area contributed by atoms with Crippen LogP contribution in [0.25, 0.3) is 44.9 Å². The summed E-state index contributed by atoms with van der Waals surface area (Å²) in [5.41, 5.74) is 9.81. The zero-order valence-corrected chi connectivity index (χ0v) is 36.3. The number of nitrogens with zero attached hydrogens (tertiary/aromatic N) is 3. The van der Waals surface area contributed by atoms with E-state index in [1.54, 1.807) is 12.4 Å². The number of rotatable bonds is 5. The molecule has 55 heavy (non-hydrogen) atoms. The monoisotopic (exact) mass is 1080 g/mol. The molecule has 0 atom stereocenters. The van der Waals surface area contributed by atoms with Crippen LogP contribution in [0, 0.1) is 18.2 Å². The first-order valence-electron chi connectivity index (χ1n) is 17.3. The molecule has 7 rings (SSSR count). The van der Waals surface area contributed by atoms with Gasteiger partial charge in [0.2, 0.25) is 0 Å². The van der Waals surface area contributed by atoms with Crippen molar-refractivity contribution in [1.82, 2.24) is 15.0 Å². The summed E-state index contributed by atoms with van der Waals surface area (Å²) in [6.07, 6.45) is 6.73. The third kappa shape index (κ3) is 16.0. The first-order valence-corrected chi connectivity index (χ1v) is 17.3. The molecule has 3 aromatic heterocycles. The van der Waals surface area contributed by atoms with Crippen molar-refractivity contribution in [3.05, 3.63) is 200 Å². The van der Waals surface area contributed by atoms with Gasteiger partial charge < -0.3 is 20.1 Å².